The average Bonchev–Trinajstić information content (AvgIpc) is 2.94. The minimum atomic E-state index is -1.76. The Hall–Kier alpha value is -3.31. The minimum Gasteiger partial charge on any atom is -0.508 e. The largest absolute Gasteiger partial charge is 0.508 e. The van der Waals surface area contributed by atoms with Gasteiger partial charge >= 0.3 is 0 Å². The minimum absolute atomic E-state index is 0.0145. The molecule has 14 nitrogen and oxygen atoms in total. The molecule has 0 spiro atoms. The van der Waals surface area contributed by atoms with Gasteiger partial charge < -0.3 is 64.2 Å². The quantitative estimate of drug-likeness (QED) is 0.174. The highest BCUT2D eigenvalue weighted by Gasteiger charge is 2.47. The second-order valence-corrected chi connectivity index (χ2v) is 9.98. The van der Waals surface area contributed by atoms with Crippen molar-refractivity contribution in [2.45, 2.75) is 68.3 Å². The Labute approximate surface area is 231 Å². The van der Waals surface area contributed by atoms with Crippen LogP contribution in [0.4, 0.5) is 0 Å². The zero-order valence-corrected chi connectivity index (χ0v) is 21.5. The number of benzene rings is 2. The van der Waals surface area contributed by atoms with E-state index < -0.39 is 79.2 Å². The molecule has 5 rings (SSSR count). The molecule has 10 atom stereocenters. The number of aliphatic hydroxyl groups excluding tert-OH is 6. The van der Waals surface area contributed by atoms with Crippen LogP contribution in [-0.4, -0.2) is 109 Å². The van der Waals surface area contributed by atoms with E-state index >= 15 is 0 Å². The molecule has 222 valence electrons. The van der Waals surface area contributed by atoms with Crippen molar-refractivity contribution in [2.75, 3.05) is 6.61 Å². The van der Waals surface area contributed by atoms with Crippen molar-refractivity contribution in [3.8, 4) is 28.6 Å². The topological polar surface area (TPSA) is 229 Å². The lowest BCUT2D eigenvalue weighted by Gasteiger charge is -2.42. The number of phenols is 2. The number of fused-ring (bicyclic) bond motifs is 1. The Balaban J connectivity index is 1.35. The van der Waals surface area contributed by atoms with Crippen molar-refractivity contribution in [3.05, 3.63) is 52.7 Å². The molecule has 1 aromatic heterocycles. The van der Waals surface area contributed by atoms with E-state index in [0.29, 0.717) is 5.56 Å². The fourth-order valence-electron chi connectivity index (χ4n) is 4.71. The molecular weight excluding hydrogens is 548 g/mol. The predicted octanol–water partition coefficient (Wildman–Crippen LogP) is -1.10. The number of aliphatic hydroxyl groups is 6. The predicted molar refractivity (Wildman–Crippen MR) is 137 cm³/mol. The van der Waals surface area contributed by atoms with Gasteiger partial charge in [0.25, 0.3) is 0 Å². The molecule has 41 heavy (non-hydrogen) atoms. The summed E-state index contributed by atoms with van der Waals surface area (Å²) in [5, 5.41) is 81.2. The van der Waals surface area contributed by atoms with Crippen molar-refractivity contribution in [1.29, 1.82) is 0 Å². The monoisotopic (exact) mass is 578 g/mol. The summed E-state index contributed by atoms with van der Waals surface area (Å²) in [4.78, 5) is 12.7. The molecule has 2 aromatic carbocycles. The maximum atomic E-state index is 12.7. The van der Waals surface area contributed by atoms with Gasteiger partial charge in [0.05, 0.1) is 12.7 Å². The van der Waals surface area contributed by atoms with Crippen LogP contribution in [0.25, 0.3) is 22.3 Å². The number of hydrogen-bond acceptors (Lipinski definition) is 14. The van der Waals surface area contributed by atoms with Gasteiger partial charge in [-0.25, -0.2) is 0 Å². The van der Waals surface area contributed by atoms with Crippen LogP contribution in [0.5, 0.6) is 17.2 Å². The van der Waals surface area contributed by atoms with Gasteiger partial charge in [-0.1, -0.05) is 0 Å². The van der Waals surface area contributed by atoms with E-state index in [0.717, 1.165) is 6.07 Å². The maximum Gasteiger partial charge on any atom is 0.229 e. The van der Waals surface area contributed by atoms with Crippen LogP contribution in [0, 0.1) is 0 Å². The van der Waals surface area contributed by atoms with E-state index in [1.165, 1.54) is 43.3 Å². The molecule has 0 unspecified atom stereocenters. The Morgan fingerprint density at radius 1 is 0.780 bits per heavy atom. The highest BCUT2D eigenvalue weighted by atomic mass is 16.7. The summed E-state index contributed by atoms with van der Waals surface area (Å²) in [7, 11) is 0. The third kappa shape index (κ3) is 5.74. The summed E-state index contributed by atoms with van der Waals surface area (Å²) < 4.78 is 27.9. The zero-order valence-electron chi connectivity index (χ0n) is 21.5. The third-order valence-corrected chi connectivity index (χ3v) is 7.09. The van der Waals surface area contributed by atoms with Crippen molar-refractivity contribution in [1.82, 2.24) is 0 Å². The first-order valence-corrected chi connectivity index (χ1v) is 12.7. The molecule has 2 fully saturated rings. The van der Waals surface area contributed by atoms with E-state index in [2.05, 4.69) is 0 Å². The zero-order chi connectivity index (χ0) is 29.6. The number of ether oxygens (including phenoxy) is 4. The summed E-state index contributed by atoms with van der Waals surface area (Å²) in [6, 6.07) is 9.40. The standard InChI is InChI=1S/C27H30O14/c1-10-20(31)22(33)24(35)26(38-10)37-9-18-21(32)23(34)25(36)27(41-18)39-13-6-14(29)19-15(30)8-16(40-17(19)7-13)11-2-4-12(28)5-3-11/h2-8,10,18,20-29,31-36H,9H2,1H3/t10-,18+,20-,21+,22+,23+,24-,25-,26+,27+/m0/s1. The van der Waals surface area contributed by atoms with Gasteiger partial charge in [0.2, 0.25) is 6.29 Å². The van der Waals surface area contributed by atoms with Crippen LogP contribution in [-0.2, 0) is 14.2 Å². The summed E-state index contributed by atoms with van der Waals surface area (Å²) in [5.74, 6) is -0.457. The Morgan fingerprint density at radius 3 is 2.15 bits per heavy atom. The lowest BCUT2D eigenvalue weighted by Crippen LogP contribution is -2.61. The summed E-state index contributed by atoms with van der Waals surface area (Å²) >= 11 is 0. The first kappa shape index (κ1) is 29.2. The smallest absolute Gasteiger partial charge is 0.229 e. The first-order chi connectivity index (χ1) is 19.4. The Morgan fingerprint density at radius 2 is 1.44 bits per heavy atom. The van der Waals surface area contributed by atoms with Crippen molar-refractivity contribution in [3.63, 3.8) is 0 Å². The molecule has 3 heterocycles. The van der Waals surface area contributed by atoms with Crippen LogP contribution in [0.1, 0.15) is 6.92 Å². The molecule has 2 aliphatic rings. The number of rotatable bonds is 6. The van der Waals surface area contributed by atoms with Gasteiger partial charge in [-0.2, -0.15) is 0 Å². The highest BCUT2D eigenvalue weighted by molar-refractivity contribution is 5.86. The van der Waals surface area contributed by atoms with Gasteiger partial charge in [0.1, 0.15) is 76.7 Å². The average molecular weight is 579 g/mol. The summed E-state index contributed by atoms with van der Waals surface area (Å²) in [5.41, 5.74) is -0.149. The molecule has 2 saturated heterocycles. The number of hydrogen-bond donors (Lipinski definition) is 8. The molecule has 0 bridgehead atoms. The van der Waals surface area contributed by atoms with E-state index in [1.807, 2.05) is 0 Å². The van der Waals surface area contributed by atoms with Gasteiger partial charge in [-0.15, -0.1) is 0 Å². The molecule has 0 saturated carbocycles. The molecule has 2 aliphatic heterocycles. The van der Waals surface area contributed by atoms with Crippen molar-refractivity contribution < 1.29 is 64.2 Å². The Kier molecular flexibility index (Phi) is 8.20. The maximum absolute atomic E-state index is 12.7. The SMILES string of the molecule is C[C@@H]1O[C@@H](OC[C@H]2O[C@@H](Oc3cc(O)c4c(=O)cc(-c5ccc(O)cc5)oc4c3)[C@@H](O)[C@H](O)[C@@H]2O)[C@@H](O)[C@H](O)[C@H]1O. The molecule has 0 radical (unpaired) electrons. The molecule has 0 aliphatic carbocycles. The van der Waals surface area contributed by atoms with E-state index in [1.54, 1.807) is 0 Å². The van der Waals surface area contributed by atoms with Gasteiger partial charge in [0.15, 0.2) is 11.7 Å². The molecule has 0 amide bonds. The van der Waals surface area contributed by atoms with Crippen molar-refractivity contribution in [2.24, 2.45) is 0 Å². The second kappa shape index (κ2) is 11.5. The van der Waals surface area contributed by atoms with Gasteiger partial charge in [0, 0.05) is 23.8 Å². The van der Waals surface area contributed by atoms with E-state index in [9.17, 15) is 45.6 Å². The van der Waals surface area contributed by atoms with E-state index in [-0.39, 0.29) is 28.2 Å². The number of phenolic OH excluding ortho intramolecular Hbond substituents is 2. The van der Waals surface area contributed by atoms with Gasteiger partial charge in [-0.05, 0) is 31.2 Å². The lowest BCUT2D eigenvalue weighted by atomic mass is 9.98. The van der Waals surface area contributed by atoms with Gasteiger partial charge in [-0.3, -0.25) is 4.79 Å². The molecule has 8 N–H and O–H groups in total. The lowest BCUT2D eigenvalue weighted by molar-refractivity contribution is -0.318. The Bertz CT molecular complexity index is 1420. The van der Waals surface area contributed by atoms with Crippen LogP contribution in [0.15, 0.2) is 51.7 Å². The van der Waals surface area contributed by atoms with E-state index in [4.69, 9.17) is 23.4 Å². The summed E-state index contributed by atoms with van der Waals surface area (Å²) in [6.07, 6.45) is -14.9. The van der Waals surface area contributed by atoms with Crippen LogP contribution >= 0.6 is 0 Å². The van der Waals surface area contributed by atoms with Crippen LogP contribution in [0.3, 0.4) is 0 Å². The highest BCUT2D eigenvalue weighted by Crippen LogP contribution is 2.34. The first-order valence-electron chi connectivity index (χ1n) is 12.7. The van der Waals surface area contributed by atoms with Crippen LogP contribution in [0.2, 0.25) is 0 Å². The van der Waals surface area contributed by atoms with Crippen molar-refractivity contribution >= 4 is 11.0 Å². The fourth-order valence-corrected chi connectivity index (χ4v) is 4.71. The number of aromatic hydroxyl groups is 2. The fraction of sp³-hybridized carbons (Fsp3) is 0.444. The molecule has 14 heteroatoms. The summed E-state index contributed by atoms with van der Waals surface area (Å²) in [6.45, 7) is 0.969. The normalized spacial score (nSPS) is 34.0. The molecule has 3 aromatic rings. The third-order valence-electron chi connectivity index (χ3n) is 7.09. The molecular formula is C27H30O14. The second-order valence-electron chi connectivity index (χ2n) is 9.98. The van der Waals surface area contributed by atoms with Crippen LogP contribution < -0.4 is 10.2 Å².